The molecule has 1 atom stereocenters. The number of aliphatic hydroxyl groups excluding tert-OH is 1. The number of nitrogens with zero attached hydrogens (tertiary/aromatic N) is 4. The van der Waals surface area contributed by atoms with Crippen molar-refractivity contribution in [2.75, 3.05) is 31.1 Å². The molecular formula is C14H21N5O. The summed E-state index contributed by atoms with van der Waals surface area (Å²) < 4.78 is 1.85. The van der Waals surface area contributed by atoms with Crippen molar-refractivity contribution in [2.45, 2.75) is 25.8 Å². The molecule has 1 aliphatic heterocycles. The van der Waals surface area contributed by atoms with Crippen LogP contribution in [0.3, 0.4) is 0 Å². The van der Waals surface area contributed by atoms with E-state index in [1.54, 1.807) is 6.20 Å². The number of rotatable bonds is 5. The lowest BCUT2D eigenvalue weighted by Gasteiger charge is -2.26. The van der Waals surface area contributed by atoms with Crippen molar-refractivity contribution in [3.63, 3.8) is 0 Å². The Morgan fingerprint density at radius 3 is 3.20 bits per heavy atom. The van der Waals surface area contributed by atoms with Gasteiger partial charge in [0, 0.05) is 31.5 Å². The quantitative estimate of drug-likeness (QED) is 0.836. The van der Waals surface area contributed by atoms with E-state index in [0.717, 1.165) is 30.1 Å². The van der Waals surface area contributed by atoms with Crippen molar-refractivity contribution < 1.29 is 5.11 Å². The lowest BCUT2D eigenvalue weighted by Crippen LogP contribution is -2.39. The molecule has 0 radical (unpaired) electrons. The summed E-state index contributed by atoms with van der Waals surface area (Å²) in [7, 11) is 0. The fraction of sp³-hybridized carbons (Fsp3) is 0.571. The van der Waals surface area contributed by atoms with Gasteiger partial charge >= 0.3 is 0 Å². The third kappa shape index (κ3) is 2.62. The molecule has 2 N–H and O–H groups in total. The zero-order valence-electron chi connectivity index (χ0n) is 11.8. The minimum atomic E-state index is 0.128. The molecule has 0 aliphatic carbocycles. The first kappa shape index (κ1) is 13.3. The summed E-state index contributed by atoms with van der Waals surface area (Å²) >= 11 is 0. The summed E-state index contributed by atoms with van der Waals surface area (Å²) in [6.45, 7) is 4.65. The predicted molar refractivity (Wildman–Crippen MR) is 78.0 cm³/mol. The van der Waals surface area contributed by atoms with Crippen LogP contribution < -0.4 is 10.2 Å². The Balaban J connectivity index is 1.91. The second-order valence-electron chi connectivity index (χ2n) is 5.33. The topological polar surface area (TPSA) is 65.7 Å². The highest BCUT2D eigenvalue weighted by atomic mass is 16.3. The first-order valence-electron chi connectivity index (χ1n) is 7.18. The minimum absolute atomic E-state index is 0.128. The Labute approximate surface area is 118 Å². The molecule has 0 amide bonds. The maximum Gasteiger partial charge on any atom is 0.154 e. The third-order valence-corrected chi connectivity index (χ3v) is 3.76. The van der Waals surface area contributed by atoms with Crippen molar-refractivity contribution in [2.24, 2.45) is 0 Å². The summed E-state index contributed by atoms with van der Waals surface area (Å²) in [5.41, 5.74) is 1.97. The fourth-order valence-electron chi connectivity index (χ4n) is 2.86. The van der Waals surface area contributed by atoms with E-state index in [1.807, 2.05) is 23.7 Å². The van der Waals surface area contributed by atoms with E-state index < -0.39 is 0 Å². The predicted octanol–water partition coefficient (Wildman–Crippen LogP) is 0.588. The Bertz CT molecular complexity index is 576. The lowest BCUT2D eigenvalue weighted by molar-refractivity contribution is 0.300. The zero-order chi connectivity index (χ0) is 13.9. The van der Waals surface area contributed by atoms with Gasteiger partial charge in [-0.15, -0.1) is 0 Å². The van der Waals surface area contributed by atoms with Gasteiger partial charge in [-0.25, -0.2) is 9.50 Å². The van der Waals surface area contributed by atoms with Gasteiger partial charge in [0.1, 0.15) is 5.52 Å². The molecule has 2 aromatic heterocycles. The van der Waals surface area contributed by atoms with Gasteiger partial charge in [0.15, 0.2) is 5.82 Å². The third-order valence-electron chi connectivity index (χ3n) is 3.76. The standard InChI is InChI=1S/C14H21N5O/c1-11-9-13-14(16-5-6-19(13)17-11)18(7-8-20)10-12-3-2-4-15-12/h5-6,9,12,15,20H,2-4,7-8,10H2,1H3. The number of aliphatic hydroxyl groups is 1. The summed E-state index contributed by atoms with van der Waals surface area (Å²) in [5, 5.41) is 17.3. The van der Waals surface area contributed by atoms with Crippen LogP contribution in [0, 0.1) is 6.92 Å². The van der Waals surface area contributed by atoms with Gasteiger partial charge in [0.05, 0.1) is 12.3 Å². The fourth-order valence-corrected chi connectivity index (χ4v) is 2.86. The molecule has 20 heavy (non-hydrogen) atoms. The summed E-state index contributed by atoms with van der Waals surface area (Å²) in [5.74, 6) is 0.899. The van der Waals surface area contributed by atoms with Gasteiger partial charge in [-0.1, -0.05) is 0 Å². The number of fused-ring (bicyclic) bond motifs is 1. The van der Waals surface area contributed by atoms with E-state index in [9.17, 15) is 5.11 Å². The van der Waals surface area contributed by atoms with Gasteiger partial charge in [0.2, 0.25) is 0 Å². The number of nitrogens with one attached hydrogen (secondary N) is 1. The Morgan fingerprint density at radius 2 is 2.45 bits per heavy atom. The maximum absolute atomic E-state index is 9.34. The molecule has 0 bridgehead atoms. The van der Waals surface area contributed by atoms with Crippen molar-refractivity contribution in [1.82, 2.24) is 19.9 Å². The molecule has 2 aromatic rings. The second-order valence-corrected chi connectivity index (χ2v) is 5.33. The van der Waals surface area contributed by atoms with Crippen molar-refractivity contribution in [3.05, 3.63) is 24.2 Å². The first-order valence-corrected chi connectivity index (χ1v) is 7.18. The molecule has 6 nitrogen and oxygen atoms in total. The van der Waals surface area contributed by atoms with Crippen LogP contribution in [0.5, 0.6) is 0 Å². The van der Waals surface area contributed by atoms with Crippen LogP contribution in [0.4, 0.5) is 5.82 Å². The minimum Gasteiger partial charge on any atom is -0.395 e. The largest absolute Gasteiger partial charge is 0.395 e. The van der Waals surface area contributed by atoms with Crippen LogP contribution in [0.1, 0.15) is 18.5 Å². The molecule has 1 unspecified atom stereocenters. The molecule has 1 saturated heterocycles. The van der Waals surface area contributed by atoms with Crippen LogP contribution in [-0.4, -0.2) is 52.0 Å². The summed E-state index contributed by atoms with van der Waals surface area (Å²) in [6, 6.07) is 2.52. The Morgan fingerprint density at radius 1 is 1.55 bits per heavy atom. The molecule has 1 fully saturated rings. The first-order chi connectivity index (χ1) is 9.78. The normalized spacial score (nSPS) is 18.8. The van der Waals surface area contributed by atoms with Crippen LogP contribution in [0.25, 0.3) is 5.52 Å². The van der Waals surface area contributed by atoms with Crippen LogP contribution in [0.15, 0.2) is 18.5 Å². The van der Waals surface area contributed by atoms with E-state index >= 15 is 0 Å². The van der Waals surface area contributed by atoms with Gasteiger partial charge in [0.25, 0.3) is 0 Å². The molecule has 108 valence electrons. The van der Waals surface area contributed by atoms with E-state index in [0.29, 0.717) is 12.6 Å². The van der Waals surface area contributed by atoms with Gasteiger partial charge in [-0.05, 0) is 32.4 Å². The summed E-state index contributed by atoms with van der Waals surface area (Å²) in [6.07, 6.45) is 6.03. The monoisotopic (exact) mass is 275 g/mol. The molecule has 0 saturated carbocycles. The smallest absolute Gasteiger partial charge is 0.154 e. The van der Waals surface area contributed by atoms with E-state index in [2.05, 4.69) is 20.3 Å². The average molecular weight is 275 g/mol. The SMILES string of the molecule is Cc1cc2c(N(CCO)CC3CCCN3)nccn2n1. The number of hydrogen-bond donors (Lipinski definition) is 2. The number of aryl methyl sites for hydroxylation is 1. The second kappa shape index (κ2) is 5.76. The molecule has 0 aromatic carbocycles. The number of hydrogen-bond acceptors (Lipinski definition) is 5. The van der Waals surface area contributed by atoms with Gasteiger partial charge in [-0.3, -0.25) is 0 Å². The Hall–Kier alpha value is -1.66. The van der Waals surface area contributed by atoms with E-state index in [1.165, 1.54) is 12.8 Å². The van der Waals surface area contributed by atoms with E-state index in [-0.39, 0.29) is 6.61 Å². The van der Waals surface area contributed by atoms with Gasteiger partial charge < -0.3 is 15.3 Å². The molecule has 6 heteroatoms. The van der Waals surface area contributed by atoms with Crippen molar-refractivity contribution in [1.29, 1.82) is 0 Å². The molecule has 3 heterocycles. The van der Waals surface area contributed by atoms with Crippen molar-refractivity contribution in [3.8, 4) is 0 Å². The molecular weight excluding hydrogens is 254 g/mol. The molecule has 3 rings (SSSR count). The number of anilines is 1. The lowest BCUT2D eigenvalue weighted by atomic mass is 10.2. The maximum atomic E-state index is 9.34. The van der Waals surface area contributed by atoms with Crippen LogP contribution in [0.2, 0.25) is 0 Å². The highest BCUT2D eigenvalue weighted by Gasteiger charge is 2.20. The zero-order valence-corrected chi connectivity index (χ0v) is 11.8. The highest BCUT2D eigenvalue weighted by Crippen LogP contribution is 2.20. The van der Waals surface area contributed by atoms with E-state index in [4.69, 9.17) is 0 Å². The van der Waals surface area contributed by atoms with Crippen LogP contribution in [-0.2, 0) is 0 Å². The van der Waals surface area contributed by atoms with Gasteiger partial charge in [-0.2, -0.15) is 5.10 Å². The molecule has 1 aliphatic rings. The molecule has 0 spiro atoms. The van der Waals surface area contributed by atoms with Crippen LogP contribution >= 0.6 is 0 Å². The Kier molecular flexibility index (Phi) is 3.84. The number of aromatic nitrogens is 3. The summed E-state index contributed by atoms with van der Waals surface area (Å²) in [4.78, 5) is 6.66. The average Bonchev–Trinajstić information content (AvgIpc) is 3.05. The highest BCUT2D eigenvalue weighted by molar-refractivity contribution is 5.69. The van der Waals surface area contributed by atoms with Crippen molar-refractivity contribution >= 4 is 11.3 Å².